The van der Waals surface area contributed by atoms with E-state index in [0.717, 1.165) is 5.69 Å². The van der Waals surface area contributed by atoms with Gasteiger partial charge in [-0.1, -0.05) is 13.8 Å². The Morgan fingerprint density at radius 3 is 2.48 bits per heavy atom. The van der Waals surface area contributed by atoms with Crippen LogP contribution in [-0.2, 0) is 7.05 Å². The quantitative estimate of drug-likeness (QED) is 0.588. The second kappa shape index (κ2) is 9.03. The van der Waals surface area contributed by atoms with Crippen molar-refractivity contribution in [1.82, 2.24) is 25.6 Å². The van der Waals surface area contributed by atoms with Crippen molar-refractivity contribution in [2.45, 2.75) is 33.6 Å². The zero-order valence-corrected chi connectivity index (χ0v) is 18.6. The molecule has 2 aromatic heterocycles. The Labute approximate surface area is 180 Å². The molecule has 2 amide bonds. The van der Waals surface area contributed by atoms with Crippen LogP contribution in [0.3, 0.4) is 0 Å². The first-order valence-corrected chi connectivity index (χ1v) is 10.0. The number of amides is 2. The third-order valence-electron chi connectivity index (χ3n) is 4.84. The van der Waals surface area contributed by atoms with E-state index in [0.29, 0.717) is 46.0 Å². The van der Waals surface area contributed by atoms with Crippen LogP contribution in [0.15, 0.2) is 24.3 Å². The molecule has 0 saturated heterocycles. The van der Waals surface area contributed by atoms with E-state index in [1.165, 1.54) is 7.11 Å². The third kappa shape index (κ3) is 4.45. The number of hydrogen-bond donors (Lipinski definition) is 2. The van der Waals surface area contributed by atoms with Gasteiger partial charge in [-0.25, -0.2) is 4.98 Å². The van der Waals surface area contributed by atoms with Crippen LogP contribution in [0.4, 0.5) is 0 Å². The third-order valence-corrected chi connectivity index (χ3v) is 4.84. The van der Waals surface area contributed by atoms with Crippen molar-refractivity contribution in [3.8, 4) is 11.5 Å². The standard InChI is InChI=1S/C22H27N5O4/c1-7-31-17-9-8-14(10-18(17)30-6)21(28)24-25-22(29)15-11-16(12(2)3)23-20-19(15)13(4)26-27(20)5/h8-12H,7H2,1-6H3,(H,24,28)(H,25,29). The van der Waals surface area contributed by atoms with Crippen molar-refractivity contribution in [2.75, 3.05) is 13.7 Å². The molecule has 1 aromatic carbocycles. The van der Waals surface area contributed by atoms with Gasteiger partial charge in [0.15, 0.2) is 17.1 Å². The first-order chi connectivity index (χ1) is 14.8. The summed E-state index contributed by atoms with van der Waals surface area (Å²) < 4.78 is 12.4. The first kappa shape index (κ1) is 22.1. The zero-order valence-electron chi connectivity index (χ0n) is 18.6. The van der Waals surface area contributed by atoms with E-state index in [2.05, 4.69) is 20.9 Å². The van der Waals surface area contributed by atoms with Gasteiger partial charge in [0.05, 0.1) is 30.4 Å². The van der Waals surface area contributed by atoms with Crippen molar-refractivity contribution < 1.29 is 19.1 Å². The topological polar surface area (TPSA) is 107 Å². The van der Waals surface area contributed by atoms with Crippen molar-refractivity contribution in [2.24, 2.45) is 7.05 Å². The highest BCUT2D eigenvalue weighted by molar-refractivity contribution is 6.07. The Kier molecular flexibility index (Phi) is 6.43. The number of aromatic nitrogens is 3. The molecule has 0 aliphatic heterocycles. The number of aryl methyl sites for hydroxylation is 2. The summed E-state index contributed by atoms with van der Waals surface area (Å²) in [6.45, 7) is 8.16. The van der Waals surface area contributed by atoms with Crippen LogP contribution in [0, 0.1) is 6.92 Å². The van der Waals surface area contributed by atoms with E-state index in [9.17, 15) is 9.59 Å². The summed E-state index contributed by atoms with van der Waals surface area (Å²) in [7, 11) is 3.29. The predicted octanol–water partition coefficient (Wildman–Crippen LogP) is 2.88. The fourth-order valence-corrected chi connectivity index (χ4v) is 3.28. The number of hydrazine groups is 1. The smallest absolute Gasteiger partial charge is 0.270 e. The molecule has 0 aliphatic rings. The van der Waals surface area contributed by atoms with Crippen molar-refractivity contribution >= 4 is 22.8 Å². The van der Waals surface area contributed by atoms with Gasteiger partial charge in [0, 0.05) is 18.3 Å². The van der Waals surface area contributed by atoms with Crippen LogP contribution in [0.1, 0.15) is 58.8 Å². The van der Waals surface area contributed by atoms with Crippen LogP contribution >= 0.6 is 0 Å². The number of methoxy groups -OCH3 is 1. The van der Waals surface area contributed by atoms with Crippen LogP contribution < -0.4 is 20.3 Å². The van der Waals surface area contributed by atoms with Gasteiger partial charge in [-0.3, -0.25) is 25.1 Å². The number of ether oxygens (including phenoxy) is 2. The van der Waals surface area contributed by atoms with Gasteiger partial charge in [-0.2, -0.15) is 5.10 Å². The summed E-state index contributed by atoms with van der Waals surface area (Å²) in [6, 6.07) is 6.55. The van der Waals surface area contributed by atoms with E-state index in [1.54, 1.807) is 36.0 Å². The molecule has 31 heavy (non-hydrogen) atoms. The molecular weight excluding hydrogens is 398 g/mol. The molecule has 164 valence electrons. The summed E-state index contributed by atoms with van der Waals surface area (Å²) in [5.41, 5.74) is 7.75. The summed E-state index contributed by atoms with van der Waals surface area (Å²) >= 11 is 0. The van der Waals surface area contributed by atoms with Gasteiger partial charge in [-0.05, 0) is 44.0 Å². The second-order valence-corrected chi connectivity index (χ2v) is 7.36. The molecule has 0 fully saturated rings. The number of fused-ring (bicyclic) bond motifs is 1. The molecule has 3 rings (SSSR count). The van der Waals surface area contributed by atoms with Gasteiger partial charge < -0.3 is 9.47 Å². The maximum absolute atomic E-state index is 13.0. The van der Waals surface area contributed by atoms with Gasteiger partial charge in [0.25, 0.3) is 11.8 Å². The minimum absolute atomic E-state index is 0.122. The predicted molar refractivity (Wildman–Crippen MR) is 116 cm³/mol. The Morgan fingerprint density at radius 1 is 1.13 bits per heavy atom. The fraction of sp³-hybridized carbons (Fsp3) is 0.364. The summed E-state index contributed by atoms with van der Waals surface area (Å²) in [5.74, 6) is 0.169. The lowest BCUT2D eigenvalue weighted by Gasteiger charge is -2.13. The summed E-state index contributed by atoms with van der Waals surface area (Å²) in [6.07, 6.45) is 0. The molecule has 0 spiro atoms. The highest BCUT2D eigenvalue weighted by Crippen LogP contribution is 2.28. The minimum atomic E-state index is -0.480. The maximum Gasteiger partial charge on any atom is 0.270 e. The normalized spacial score (nSPS) is 10.9. The van der Waals surface area contributed by atoms with Gasteiger partial charge in [-0.15, -0.1) is 0 Å². The molecule has 0 aliphatic carbocycles. The molecule has 0 radical (unpaired) electrons. The number of rotatable bonds is 6. The molecule has 2 N–H and O–H groups in total. The minimum Gasteiger partial charge on any atom is -0.493 e. The molecule has 0 unspecified atom stereocenters. The molecule has 2 heterocycles. The van der Waals surface area contributed by atoms with Gasteiger partial charge in [0.2, 0.25) is 0 Å². The van der Waals surface area contributed by atoms with E-state index < -0.39 is 11.8 Å². The van der Waals surface area contributed by atoms with Gasteiger partial charge >= 0.3 is 0 Å². The number of carbonyl (C=O) groups excluding carboxylic acids is 2. The van der Waals surface area contributed by atoms with E-state index >= 15 is 0 Å². The molecule has 0 saturated carbocycles. The lowest BCUT2D eigenvalue weighted by atomic mass is 10.0. The molecule has 9 heteroatoms. The number of carbonyl (C=O) groups is 2. The van der Waals surface area contributed by atoms with Crippen LogP contribution in [-0.4, -0.2) is 40.3 Å². The summed E-state index contributed by atoms with van der Waals surface area (Å²) in [5, 5.41) is 5.03. The van der Waals surface area contributed by atoms with Crippen LogP contribution in [0.2, 0.25) is 0 Å². The zero-order chi connectivity index (χ0) is 22.7. The number of benzene rings is 1. The molecule has 9 nitrogen and oxygen atoms in total. The SMILES string of the molecule is CCOc1ccc(C(=O)NNC(=O)c2cc(C(C)C)nc3c2c(C)nn3C)cc1OC. The molecule has 0 atom stereocenters. The van der Waals surface area contributed by atoms with Gasteiger partial charge in [0.1, 0.15) is 0 Å². The van der Waals surface area contributed by atoms with Crippen LogP contribution in [0.5, 0.6) is 11.5 Å². The Balaban J connectivity index is 1.84. The lowest BCUT2D eigenvalue weighted by Crippen LogP contribution is -2.41. The highest BCUT2D eigenvalue weighted by Gasteiger charge is 2.20. The number of nitrogens with zero attached hydrogens (tertiary/aromatic N) is 3. The number of nitrogens with one attached hydrogen (secondary N) is 2. The molecule has 0 bridgehead atoms. The first-order valence-electron chi connectivity index (χ1n) is 10.0. The number of pyridine rings is 1. The average Bonchev–Trinajstić information content (AvgIpc) is 3.05. The second-order valence-electron chi connectivity index (χ2n) is 7.36. The Bertz CT molecular complexity index is 1140. The van der Waals surface area contributed by atoms with Crippen molar-refractivity contribution in [1.29, 1.82) is 0 Å². The average molecular weight is 425 g/mol. The van der Waals surface area contributed by atoms with E-state index in [-0.39, 0.29) is 5.92 Å². The van der Waals surface area contributed by atoms with E-state index in [1.807, 2.05) is 27.7 Å². The monoisotopic (exact) mass is 425 g/mol. The highest BCUT2D eigenvalue weighted by atomic mass is 16.5. The van der Waals surface area contributed by atoms with Crippen molar-refractivity contribution in [3.63, 3.8) is 0 Å². The maximum atomic E-state index is 13.0. The molecular formula is C22H27N5O4. The lowest BCUT2D eigenvalue weighted by molar-refractivity contribution is 0.0847. The number of hydrogen-bond acceptors (Lipinski definition) is 6. The Morgan fingerprint density at radius 2 is 1.84 bits per heavy atom. The van der Waals surface area contributed by atoms with Crippen molar-refractivity contribution in [3.05, 3.63) is 46.8 Å². The summed E-state index contributed by atoms with van der Waals surface area (Å²) in [4.78, 5) is 30.2. The molecule has 3 aromatic rings. The fourth-order valence-electron chi connectivity index (χ4n) is 3.28. The van der Waals surface area contributed by atoms with Crippen LogP contribution in [0.25, 0.3) is 11.0 Å². The van der Waals surface area contributed by atoms with E-state index in [4.69, 9.17) is 9.47 Å². The Hall–Kier alpha value is -3.62. The largest absolute Gasteiger partial charge is 0.493 e.